The van der Waals surface area contributed by atoms with E-state index in [0.717, 1.165) is 0 Å². The molecule has 4 heteroatoms. The molecule has 2 unspecified atom stereocenters. The summed E-state index contributed by atoms with van der Waals surface area (Å²) >= 11 is 0. The lowest BCUT2D eigenvalue weighted by Crippen LogP contribution is -2.46. The van der Waals surface area contributed by atoms with Crippen LogP contribution in [0.3, 0.4) is 0 Å². The maximum Gasteiger partial charge on any atom is 0.184 e. The predicted octanol–water partition coefficient (Wildman–Crippen LogP) is 6.55. The van der Waals surface area contributed by atoms with Crippen molar-refractivity contribution in [2.45, 2.75) is 83.7 Å². The van der Waals surface area contributed by atoms with Crippen LogP contribution in [0.15, 0.2) is 35.3 Å². The van der Waals surface area contributed by atoms with Crippen LogP contribution >= 0.6 is 0 Å². The summed E-state index contributed by atoms with van der Waals surface area (Å²) in [7, 11) is -3.31. The van der Waals surface area contributed by atoms with Crippen molar-refractivity contribution in [3.63, 3.8) is 0 Å². The first-order valence-electron chi connectivity index (χ1n) is 8.95. The Labute approximate surface area is 151 Å². The van der Waals surface area contributed by atoms with Crippen molar-refractivity contribution in [1.29, 1.82) is 0 Å². The molecular formula is C20H37NOSi2. The van der Waals surface area contributed by atoms with Gasteiger partial charge in [0.05, 0.1) is 19.7 Å². The molecule has 0 bridgehead atoms. The molecule has 1 rings (SSSR count). The summed E-state index contributed by atoms with van der Waals surface area (Å²) in [6, 6.07) is 10.7. The van der Waals surface area contributed by atoms with Crippen molar-refractivity contribution >= 4 is 22.6 Å². The molecule has 136 valence electrons. The zero-order valence-electron chi connectivity index (χ0n) is 17.4. The number of hydrogen-bond acceptors (Lipinski definition) is 2. The molecule has 0 aliphatic rings. The minimum absolute atomic E-state index is 0.0585. The molecule has 1 aromatic rings. The van der Waals surface area contributed by atoms with Gasteiger partial charge < -0.3 is 4.43 Å². The Balaban J connectivity index is 3.49. The molecule has 0 aliphatic heterocycles. The van der Waals surface area contributed by atoms with Gasteiger partial charge in [0.15, 0.2) is 8.32 Å². The summed E-state index contributed by atoms with van der Waals surface area (Å²) in [5.41, 5.74) is 1.20. The molecule has 0 spiro atoms. The summed E-state index contributed by atoms with van der Waals surface area (Å²) in [4.78, 5) is 4.92. The van der Waals surface area contributed by atoms with Crippen LogP contribution in [-0.4, -0.2) is 28.1 Å². The van der Waals surface area contributed by atoms with Gasteiger partial charge in [-0.15, -0.1) is 0 Å². The first-order chi connectivity index (χ1) is 10.7. The Morgan fingerprint density at radius 2 is 1.42 bits per heavy atom. The van der Waals surface area contributed by atoms with E-state index >= 15 is 0 Å². The van der Waals surface area contributed by atoms with Gasteiger partial charge in [-0.1, -0.05) is 56.9 Å². The first-order valence-corrected chi connectivity index (χ1v) is 15.9. The molecule has 2 atom stereocenters. The largest absolute Gasteiger partial charge is 0.410 e. The van der Waals surface area contributed by atoms with Gasteiger partial charge in [-0.25, -0.2) is 0 Å². The smallest absolute Gasteiger partial charge is 0.184 e. The quantitative estimate of drug-likeness (QED) is 0.415. The van der Waals surface area contributed by atoms with E-state index in [1.807, 2.05) is 0 Å². The number of nitrogens with zero attached hydrogens (tertiary/aromatic N) is 1. The summed E-state index contributed by atoms with van der Waals surface area (Å²) < 4.78 is 6.76. The Morgan fingerprint density at radius 3 is 1.79 bits per heavy atom. The first kappa shape index (κ1) is 21.3. The number of aliphatic imine (C=N–C) groups is 1. The van der Waals surface area contributed by atoms with Gasteiger partial charge in [-0.05, 0) is 46.0 Å². The highest BCUT2D eigenvalue weighted by molar-refractivity contribution is 6.82. The Kier molecular flexibility index (Phi) is 6.45. The van der Waals surface area contributed by atoms with E-state index in [1.54, 1.807) is 0 Å². The zero-order valence-corrected chi connectivity index (χ0v) is 19.4. The SMILES string of the molecule is CC(C)(C)N=CC(C)(C(O[Si](C)(C)C)c1ccccc1)[Si](C)(C)C. The molecule has 24 heavy (non-hydrogen) atoms. The average Bonchev–Trinajstić information content (AvgIpc) is 2.40. The van der Waals surface area contributed by atoms with Crippen molar-refractivity contribution < 1.29 is 4.43 Å². The topological polar surface area (TPSA) is 21.6 Å². The molecule has 0 N–H and O–H groups in total. The molecule has 0 saturated carbocycles. The molecule has 0 heterocycles. The fraction of sp³-hybridized carbons (Fsp3) is 0.650. The normalized spacial score (nSPS) is 17.8. The third-order valence-electron chi connectivity index (χ3n) is 4.45. The molecule has 0 saturated heterocycles. The standard InChI is InChI=1S/C20H37NOSi2/c1-19(2,3)21-16-20(4,23(5,6)7)18(22-24(8,9)10)17-14-12-11-13-15-17/h11-16,18H,1-10H3. The van der Waals surface area contributed by atoms with Crippen LogP contribution in [0.2, 0.25) is 44.3 Å². The van der Waals surface area contributed by atoms with E-state index in [0.29, 0.717) is 0 Å². The van der Waals surface area contributed by atoms with E-state index in [-0.39, 0.29) is 16.7 Å². The van der Waals surface area contributed by atoms with Crippen LogP contribution in [0.5, 0.6) is 0 Å². The van der Waals surface area contributed by atoms with Crippen molar-refractivity contribution in [2.24, 2.45) is 4.99 Å². The molecular weight excluding hydrogens is 326 g/mol. The van der Waals surface area contributed by atoms with E-state index in [2.05, 4.69) is 104 Å². The van der Waals surface area contributed by atoms with Gasteiger partial charge >= 0.3 is 0 Å². The van der Waals surface area contributed by atoms with Crippen LogP contribution < -0.4 is 0 Å². The maximum atomic E-state index is 6.76. The Bertz CT molecular complexity index is 550. The zero-order chi connectivity index (χ0) is 18.8. The van der Waals surface area contributed by atoms with E-state index in [9.17, 15) is 0 Å². The molecule has 1 aromatic carbocycles. The van der Waals surface area contributed by atoms with Crippen LogP contribution in [0.4, 0.5) is 0 Å². The third-order valence-corrected chi connectivity index (χ3v) is 9.02. The summed E-state index contributed by atoms with van der Waals surface area (Å²) in [5, 5.41) is -0.0675. The number of hydrogen-bond donors (Lipinski definition) is 0. The number of rotatable bonds is 6. The Morgan fingerprint density at radius 1 is 0.917 bits per heavy atom. The molecule has 0 amide bonds. The van der Waals surface area contributed by atoms with Crippen LogP contribution in [-0.2, 0) is 4.43 Å². The summed E-state index contributed by atoms with van der Waals surface area (Å²) in [5.74, 6) is 0. The van der Waals surface area contributed by atoms with Crippen molar-refractivity contribution in [2.75, 3.05) is 0 Å². The van der Waals surface area contributed by atoms with Gasteiger partial charge in [0.25, 0.3) is 0 Å². The van der Waals surface area contributed by atoms with E-state index < -0.39 is 16.4 Å². The third kappa shape index (κ3) is 5.97. The van der Waals surface area contributed by atoms with Gasteiger partial charge in [0.2, 0.25) is 0 Å². The van der Waals surface area contributed by atoms with Crippen molar-refractivity contribution in [1.82, 2.24) is 0 Å². The number of benzene rings is 1. The molecule has 2 nitrogen and oxygen atoms in total. The second-order valence-corrected chi connectivity index (χ2v) is 20.0. The van der Waals surface area contributed by atoms with Crippen LogP contribution in [0.25, 0.3) is 0 Å². The molecule has 0 aromatic heterocycles. The predicted molar refractivity (Wildman–Crippen MR) is 114 cm³/mol. The lowest BCUT2D eigenvalue weighted by molar-refractivity contribution is 0.172. The van der Waals surface area contributed by atoms with Gasteiger partial charge in [0.1, 0.15) is 0 Å². The minimum atomic E-state index is -1.71. The summed E-state index contributed by atoms with van der Waals surface area (Å²) in [6.07, 6.45) is 2.28. The van der Waals surface area contributed by atoms with Crippen molar-refractivity contribution in [3.8, 4) is 0 Å². The second kappa shape index (κ2) is 7.26. The monoisotopic (exact) mass is 363 g/mol. The highest BCUT2D eigenvalue weighted by atomic mass is 28.4. The van der Waals surface area contributed by atoms with Gasteiger partial charge in [-0.2, -0.15) is 0 Å². The highest BCUT2D eigenvalue weighted by Gasteiger charge is 2.47. The van der Waals surface area contributed by atoms with Crippen LogP contribution in [0.1, 0.15) is 39.4 Å². The van der Waals surface area contributed by atoms with E-state index in [4.69, 9.17) is 9.42 Å². The van der Waals surface area contributed by atoms with Gasteiger partial charge in [0, 0.05) is 11.3 Å². The molecule has 0 fully saturated rings. The van der Waals surface area contributed by atoms with E-state index in [1.165, 1.54) is 5.56 Å². The Hall–Kier alpha value is -0.716. The fourth-order valence-electron chi connectivity index (χ4n) is 2.50. The second-order valence-electron chi connectivity index (χ2n) is 9.98. The lowest BCUT2D eigenvalue weighted by atomic mass is 9.96. The minimum Gasteiger partial charge on any atom is -0.410 e. The molecule has 0 aliphatic carbocycles. The highest BCUT2D eigenvalue weighted by Crippen LogP contribution is 2.50. The molecule has 0 radical (unpaired) electrons. The summed E-state index contributed by atoms with van der Waals surface area (Å²) in [6.45, 7) is 22.9. The fourth-order valence-corrected chi connectivity index (χ4v) is 5.17. The van der Waals surface area contributed by atoms with Crippen molar-refractivity contribution in [3.05, 3.63) is 35.9 Å². The van der Waals surface area contributed by atoms with Crippen LogP contribution in [0, 0.1) is 0 Å². The average molecular weight is 364 g/mol. The maximum absolute atomic E-state index is 6.76. The lowest BCUT2D eigenvalue weighted by Gasteiger charge is -2.46. The van der Waals surface area contributed by atoms with Gasteiger partial charge in [-0.3, -0.25) is 4.99 Å².